The summed E-state index contributed by atoms with van der Waals surface area (Å²) in [4.78, 5) is 10.2. The maximum atomic E-state index is 12.5. The smallest absolute Gasteiger partial charge is 0.258 e. The summed E-state index contributed by atoms with van der Waals surface area (Å²) >= 11 is 0. The number of sulfonamides is 1. The Bertz CT molecular complexity index is 628. The molecule has 19 heavy (non-hydrogen) atoms. The Morgan fingerprint density at radius 3 is 2.68 bits per heavy atom. The van der Waals surface area contributed by atoms with E-state index in [4.69, 9.17) is 0 Å². The first-order chi connectivity index (χ1) is 8.98. The first-order valence-corrected chi connectivity index (χ1v) is 7.69. The zero-order valence-electron chi connectivity index (χ0n) is 10.2. The monoisotopic (exact) mass is 282 g/mol. The number of rotatable bonds is 3. The molecule has 1 aromatic rings. The number of nitro benzene ring substituents is 1. The quantitative estimate of drug-likeness (QED) is 0.625. The molecule has 3 rings (SSSR count). The van der Waals surface area contributed by atoms with Crippen molar-refractivity contribution in [2.24, 2.45) is 5.92 Å². The van der Waals surface area contributed by atoms with E-state index in [-0.39, 0.29) is 16.6 Å². The number of nitro groups is 1. The Labute approximate surface area is 111 Å². The van der Waals surface area contributed by atoms with Gasteiger partial charge in [0.2, 0.25) is 10.0 Å². The zero-order chi connectivity index (χ0) is 13.6. The van der Waals surface area contributed by atoms with E-state index in [2.05, 4.69) is 0 Å². The van der Waals surface area contributed by atoms with Crippen molar-refractivity contribution in [1.82, 2.24) is 4.31 Å². The van der Waals surface area contributed by atoms with Gasteiger partial charge >= 0.3 is 0 Å². The van der Waals surface area contributed by atoms with E-state index < -0.39 is 14.9 Å². The molecule has 0 radical (unpaired) electrons. The van der Waals surface area contributed by atoms with Gasteiger partial charge in [-0.1, -0.05) is 6.07 Å². The van der Waals surface area contributed by atoms with E-state index in [0.717, 1.165) is 25.3 Å². The number of benzene rings is 1. The molecular weight excluding hydrogens is 268 g/mol. The third-order valence-corrected chi connectivity index (χ3v) is 5.91. The van der Waals surface area contributed by atoms with Crippen LogP contribution in [0.1, 0.15) is 19.3 Å². The number of non-ortho nitro benzene ring substituents is 1. The molecule has 1 heterocycles. The first kappa shape index (κ1) is 12.6. The van der Waals surface area contributed by atoms with E-state index in [0.29, 0.717) is 12.5 Å². The molecule has 0 N–H and O–H groups in total. The maximum Gasteiger partial charge on any atom is 0.270 e. The molecule has 2 atom stereocenters. The molecule has 0 spiro atoms. The summed E-state index contributed by atoms with van der Waals surface area (Å²) in [7, 11) is -3.60. The van der Waals surface area contributed by atoms with Gasteiger partial charge in [-0.05, 0) is 31.2 Å². The molecule has 1 saturated carbocycles. The van der Waals surface area contributed by atoms with Gasteiger partial charge in [-0.2, -0.15) is 4.31 Å². The van der Waals surface area contributed by atoms with Crippen molar-refractivity contribution in [3.8, 4) is 0 Å². The second kappa shape index (κ2) is 4.28. The highest BCUT2D eigenvalue weighted by Crippen LogP contribution is 2.40. The van der Waals surface area contributed by atoms with Crippen molar-refractivity contribution >= 4 is 15.7 Å². The fourth-order valence-electron chi connectivity index (χ4n) is 3.07. The summed E-state index contributed by atoms with van der Waals surface area (Å²) in [5.74, 6) is 0.457. The van der Waals surface area contributed by atoms with E-state index in [1.54, 1.807) is 0 Å². The minimum atomic E-state index is -3.60. The van der Waals surface area contributed by atoms with E-state index in [1.807, 2.05) is 0 Å². The molecular formula is C12H14N2O4S. The lowest BCUT2D eigenvalue weighted by Crippen LogP contribution is -2.37. The Kier molecular flexibility index (Phi) is 2.83. The van der Waals surface area contributed by atoms with Crippen LogP contribution in [0.3, 0.4) is 0 Å². The second-order valence-electron chi connectivity index (χ2n) is 5.16. The third-order valence-electron chi connectivity index (χ3n) is 3.99. The van der Waals surface area contributed by atoms with Gasteiger partial charge in [-0.25, -0.2) is 8.42 Å². The van der Waals surface area contributed by atoms with Gasteiger partial charge in [0.1, 0.15) is 0 Å². The van der Waals surface area contributed by atoms with Crippen molar-refractivity contribution in [3.63, 3.8) is 0 Å². The molecule has 0 amide bonds. The SMILES string of the molecule is O=[N+]([O-])c1cccc(S(=O)(=O)N2CC3CCC2C3)c1. The fourth-order valence-corrected chi connectivity index (χ4v) is 4.85. The highest BCUT2D eigenvalue weighted by atomic mass is 32.2. The summed E-state index contributed by atoms with van der Waals surface area (Å²) in [5.41, 5.74) is -0.189. The fraction of sp³-hybridized carbons (Fsp3) is 0.500. The number of hydrogen-bond donors (Lipinski definition) is 0. The summed E-state index contributed by atoms with van der Waals surface area (Å²) in [6.07, 6.45) is 2.92. The topological polar surface area (TPSA) is 80.5 Å². The van der Waals surface area contributed by atoms with E-state index in [1.165, 1.54) is 22.5 Å². The van der Waals surface area contributed by atoms with Crippen LogP contribution in [0.15, 0.2) is 29.2 Å². The maximum absolute atomic E-state index is 12.5. The molecule has 0 aromatic heterocycles. The Morgan fingerprint density at radius 1 is 1.32 bits per heavy atom. The van der Waals surface area contributed by atoms with Crippen molar-refractivity contribution in [3.05, 3.63) is 34.4 Å². The molecule has 1 aliphatic heterocycles. The van der Waals surface area contributed by atoms with Crippen LogP contribution in [0.2, 0.25) is 0 Å². The number of hydrogen-bond acceptors (Lipinski definition) is 4. The first-order valence-electron chi connectivity index (χ1n) is 6.25. The molecule has 2 bridgehead atoms. The van der Waals surface area contributed by atoms with Crippen LogP contribution in [0, 0.1) is 16.0 Å². The van der Waals surface area contributed by atoms with Gasteiger partial charge in [-0.15, -0.1) is 0 Å². The van der Waals surface area contributed by atoms with Crippen LogP contribution in [-0.4, -0.2) is 30.2 Å². The number of nitrogens with zero attached hydrogens (tertiary/aromatic N) is 2. The van der Waals surface area contributed by atoms with Gasteiger partial charge in [0.15, 0.2) is 0 Å². The lowest BCUT2D eigenvalue weighted by atomic mass is 10.1. The average molecular weight is 282 g/mol. The Hall–Kier alpha value is -1.47. The number of piperidine rings is 1. The molecule has 2 aliphatic rings. The lowest BCUT2D eigenvalue weighted by molar-refractivity contribution is -0.385. The summed E-state index contributed by atoms with van der Waals surface area (Å²) < 4.78 is 26.5. The van der Waals surface area contributed by atoms with Crippen molar-refractivity contribution in [2.45, 2.75) is 30.2 Å². The Morgan fingerprint density at radius 2 is 2.11 bits per heavy atom. The van der Waals surface area contributed by atoms with Crippen molar-refractivity contribution in [1.29, 1.82) is 0 Å². The average Bonchev–Trinajstić information content (AvgIpc) is 3.01. The van der Waals surface area contributed by atoms with Crippen molar-refractivity contribution < 1.29 is 13.3 Å². The molecule has 102 valence electrons. The van der Waals surface area contributed by atoms with Gasteiger partial charge in [0, 0.05) is 24.7 Å². The zero-order valence-corrected chi connectivity index (χ0v) is 11.0. The lowest BCUT2D eigenvalue weighted by Gasteiger charge is -2.25. The van der Waals surface area contributed by atoms with Crippen molar-refractivity contribution in [2.75, 3.05) is 6.54 Å². The van der Waals surface area contributed by atoms with Gasteiger partial charge in [-0.3, -0.25) is 10.1 Å². The molecule has 1 aliphatic carbocycles. The summed E-state index contributed by atoms with van der Waals surface area (Å²) in [5, 5.41) is 10.7. The van der Waals surface area contributed by atoms with Gasteiger partial charge < -0.3 is 0 Å². The van der Waals surface area contributed by atoms with E-state index in [9.17, 15) is 18.5 Å². The minimum absolute atomic E-state index is 0.0225. The van der Waals surface area contributed by atoms with Gasteiger partial charge in [0.05, 0.1) is 9.82 Å². The summed E-state index contributed by atoms with van der Waals surface area (Å²) in [6.45, 7) is 0.551. The normalized spacial score (nSPS) is 26.7. The highest BCUT2D eigenvalue weighted by Gasteiger charge is 2.44. The molecule has 1 saturated heterocycles. The predicted octanol–water partition coefficient (Wildman–Crippen LogP) is 1.77. The highest BCUT2D eigenvalue weighted by molar-refractivity contribution is 7.89. The third kappa shape index (κ3) is 2.02. The Balaban J connectivity index is 1.96. The van der Waals surface area contributed by atoms with Crippen LogP contribution in [0.5, 0.6) is 0 Å². The molecule has 6 nitrogen and oxygen atoms in total. The van der Waals surface area contributed by atoms with Crippen LogP contribution < -0.4 is 0 Å². The standard InChI is InChI=1S/C12H14N2O4S/c15-14(16)11-2-1-3-12(7-11)19(17,18)13-8-9-4-5-10(13)6-9/h1-3,7,9-10H,4-6,8H2. The van der Waals surface area contributed by atoms with Crippen LogP contribution >= 0.6 is 0 Å². The van der Waals surface area contributed by atoms with Crippen LogP contribution in [0.4, 0.5) is 5.69 Å². The molecule has 7 heteroatoms. The molecule has 2 unspecified atom stereocenters. The molecule has 1 aromatic carbocycles. The van der Waals surface area contributed by atoms with E-state index >= 15 is 0 Å². The largest absolute Gasteiger partial charge is 0.270 e. The van der Waals surface area contributed by atoms with Crippen LogP contribution in [-0.2, 0) is 10.0 Å². The summed E-state index contributed by atoms with van der Waals surface area (Å²) in [6, 6.07) is 5.36. The van der Waals surface area contributed by atoms with Gasteiger partial charge in [0.25, 0.3) is 5.69 Å². The second-order valence-corrected chi connectivity index (χ2v) is 7.05. The number of fused-ring (bicyclic) bond motifs is 2. The molecule has 2 fully saturated rings. The van der Waals surface area contributed by atoms with Crippen LogP contribution in [0.25, 0.3) is 0 Å². The minimum Gasteiger partial charge on any atom is -0.258 e. The predicted molar refractivity (Wildman–Crippen MR) is 68.1 cm³/mol.